The predicted molar refractivity (Wildman–Crippen MR) is 146 cm³/mol. The van der Waals surface area contributed by atoms with Crippen LogP contribution in [0.15, 0.2) is 91.4 Å². The molecule has 5 aromatic rings. The first-order valence-corrected chi connectivity index (χ1v) is 12.2. The summed E-state index contributed by atoms with van der Waals surface area (Å²) in [6.45, 7) is 0.637. The van der Waals surface area contributed by atoms with Gasteiger partial charge < -0.3 is 19.4 Å². The van der Waals surface area contributed by atoms with E-state index in [2.05, 4.69) is 20.9 Å². The van der Waals surface area contributed by atoms with Crippen LogP contribution in [0.2, 0.25) is 10.0 Å². The van der Waals surface area contributed by atoms with Crippen molar-refractivity contribution >= 4 is 45.8 Å². The minimum Gasteiger partial charge on any atom is -0.343 e. The molecular weight excluding hydrogens is 493 g/mol. The Morgan fingerprint density at radius 1 is 1.03 bits per heavy atom. The number of nitrogens with zero attached hydrogens (tertiary/aromatic N) is 4. The Kier molecular flexibility index (Phi) is 6.72. The van der Waals surface area contributed by atoms with Gasteiger partial charge in [-0.25, -0.2) is 9.78 Å². The van der Waals surface area contributed by atoms with E-state index < -0.39 is 6.04 Å². The van der Waals surface area contributed by atoms with Gasteiger partial charge in [0.25, 0.3) is 0 Å². The van der Waals surface area contributed by atoms with Gasteiger partial charge in [-0.15, -0.1) is 0 Å². The first kappa shape index (κ1) is 24.0. The Balaban J connectivity index is 1.42. The highest BCUT2D eigenvalue weighted by molar-refractivity contribution is 6.31. The molecule has 3 aromatic carbocycles. The molecule has 0 spiro atoms. The minimum atomic E-state index is -0.393. The van der Waals surface area contributed by atoms with Crippen molar-refractivity contribution in [2.45, 2.75) is 12.6 Å². The van der Waals surface area contributed by atoms with Crippen LogP contribution in [0.1, 0.15) is 23.0 Å². The molecule has 6 nitrogen and oxygen atoms in total. The molecule has 5 rings (SSSR count). The molecule has 36 heavy (non-hydrogen) atoms. The number of urea groups is 1. The monoisotopic (exact) mass is 517 g/mol. The number of nitrogens with one attached hydrogen (secondary N) is 1. The molecule has 2 aromatic heterocycles. The number of carbonyl (C=O) groups is 1. The zero-order valence-electron chi connectivity index (χ0n) is 19.9. The third-order valence-corrected chi connectivity index (χ3v) is 6.94. The van der Waals surface area contributed by atoms with Crippen molar-refractivity contribution < 1.29 is 4.79 Å². The van der Waals surface area contributed by atoms with Crippen molar-refractivity contribution in [2.75, 3.05) is 12.4 Å². The number of hydrogen-bond donors (Lipinski definition) is 1. The van der Waals surface area contributed by atoms with E-state index in [0.29, 0.717) is 17.3 Å². The summed E-state index contributed by atoms with van der Waals surface area (Å²) in [4.78, 5) is 19.6. The number of carbonyl (C=O) groups excluding carboxylic acids is 1. The molecule has 0 saturated carbocycles. The van der Waals surface area contributed by atoms with E-state index in [4.69, 9.17) is 23.2 Å². The van der Waals surface area contributed by atoms with Gasteiger partial charge in [0.15, 0.2) is 0 Å². The second kappa shape index (κ2) is 10.1. The molecule has 0 aliphatic rings. The number of rotatable bonds is 6. The fourth-order valence-electron chi connectivity index (χ4n) is 4.37. The van der Waals surface area contributed by atoms with Gasteiger partial charge in [-0.3, -0.25) is 0 Å². The summed E-state index contributed by atoms with van der Waals surface area (Å²) in [6.07, 6.45) is 5.62. The molecule has 1 unspecified atom stereocenters. The van der Waals surface area contributed by atoms with E-state index in [1.807, 2.05) is 90.7 Å². The predicted octanol–water partition coefficient (Wildman–Crippen LogP) is 6.98. The van der Waals surface area contributed by atoms with Crippen LogP contribution in [0.4, 0.5) is 10.5 Å². The molecule has 0 fully saturated rings. The summed E-state index contributed by atoms with van der Waals surface area (Å²) in [6, 6.07) is 22.6. The Morgan fingerprint density at radius 3 is 2.53 bits per heavy atom. The second-order valence-corrected chi connectivity index (χ2v) is 9.54. The van der Waals surface area contributed by atoms with Crippen LogP contribution in [-0.2, 0) is 13.6 Å². The minimum absolute atomic E-state index is 0.249. The van der Waals surface area contributed by atoms with Crippen molar-refractivity contribution in [1.29, 1.82) is 0 Å². The number of benzene rings is 3. The van der Waals surface area contributed by atoms with Crippen LogP contribution in [0, 0.1) is 0 Å². The van der Waals surface area contributed by atoms with Gasteiger partial charge in [0.1, 0.15) is 11.9 Å². The molecular formula is C28H25Cl2N5O. The first-order chi connectivity index (χ1) is 17.4. The summed E-state index contributed by atoms with van der Waals surface area (Å²) >= 11 is 12.5. The summed E-state index contributed by atoms with van der Waals surface area (Å²) in [7, 11) is 3.68. The normalized spacial score (nSPS) is 12.0. The van der Waals surface area contributed by atoms with E-state index in [0.717, 1.165) is 32.9 Å². The van der Waals surface area contributed by atoms with Crippen molar-refractivity contribution in [3.8, 4) is 0 Å². The molecule has 0 radical (unpaired) electrons. The molecule has 0 bridgehead atoms. The SMILES string of the molecule is CN(C(=O)Nc1ccc2ccn(Cc3ccccc3Cl)c2c1)C(c1ccc(Cl)cc1)c1nccn1C. The largest absolute Gasteiger partial charge is 0.343 e. The topological polar surface area (TPSA) is 55.1 Å². The summed E-state index contributed by atoms with van der Waals surface area (Å²) in [5.74, 6) is 0.749. The number of imidazole rings is 1. The van der Waals surface area contributed by atoms with Crippen LogP contribution >= 0.6 is 23.2 Å². The van der Waals surface area contributed by atoms with E-state index in [1.165, 1.54) is 0 Å². The van der Waals surface area contributed by atoms with Crippen molar-refractivity contribution in [1.82, 2.24) is 19.0 Å². The number of amides is 2. The number of fused-ring (bicyclic) bond motifs is 1. The highest BCUT2D eigenvalue weighted by Crippen LogP contribution is 2.29. The second-order valence-electron chi connectivity index (χ2n) is 8.70. The average molecular weight is 518 g/mol. The van der Waals surface area contributed by atoms with Crippen molar-refractivity contribution in [3.05, 3.63) is 118 Å². The van der Waals surface area contributed by atoms with E-state index >= 15 is 0 Å². The van der Waals surface area contributed by atoms with E-state index in [1.54, 1.807) is 18.1 Å². The molecule has 0 aliphatic heterocycles. The zero-order valence-corrected chi connectivity index (χ0v) is 21.4. The molecule has 0 saturated heterocycles. The molecule has 2 heterocycles. The maximum atomic E-state index is 13.4. The van der Waals surface area contributed by atoms with E-state index in [-0.39, 0.29) is 6.03 Å². The zero-order chi connectivity index (χ0) is 25.2. The maximum absolute atomic E-state index is 13.4. The highest BCUT2D eigenvalue weighted by Gasteiger charge is 2.27. The van der Waals surface area contributed by atoms with Gasteiger partial charge in [0.05, 0.1) is 5.52 Å². The summed E-state index contributed by atoms with van der Waals surface area (Å²) in [5.41, 5.74) is 3.66. The quantitative estimate of drug-likeness (QED) is 0.264. The highest BCUT2D eigenvalue weighted by atomic mass is 35.5. The molecule has 1 N–H and O–H groups in total. The van der Waals surface area contributed by atoms with Gasteiger partial charge in [0.2, 0.25) is 0 Å². The lowest BCUT2D eigenvalue weighted by Gasteiger charge is -2.28. The Labute approximate surface area is 219 Å². The van der Waals surface area contributed by atoms with Crippen molar-refractivity contribution in [3.63, 3.8) is 0 Å². The summed E-state index contributed by atoms with van der Waals surface area (Å²) in [5, 5.41) is 5.50. The number of halogens is 2. The van der Waals surface area contributed by atoms with Gasteiger partial charge >= 0.3 is 6.03 Å². The molecule has 2 amide bonds. The molecule has 8 heteroatoms. The molecule has 182 valence electrons. The number of hydrogen-bond acceptors (Lipinski definition) is 2. The standard InChI is InChI=1S/C28H25Cl2N5O/c1-33-16-14-31-27(33)26(20-7-10-22(29)11-8-20)34(2)28(36)32-23-12-9-19-13-15-35(25(19)17-23)18-21-5-3-4-6-24(21)30/h3-17,26H,18H2,1-2H3,(H,32,36). The number of aromatic nitrogens is 3. The lowest BCUT2D eigenvalue weighted by Crippen LogP contribution is -2.36. The Bertz CT molecular complexity index is 1520. The lowest BCUT2D eigenvalue weighted by atomic mass is 10.1. The fraction of sp³-hybridized carbons (Fsp3) is 0.143. The fourth-order valence-corrected chi connectivity index (χ4v) is 4.69. The van der Waals surface area contributed by atoms with Crippen molar-refractivity contribution in [2.24, 2.45) is 7.05 Å². The smallest absolute Gasteiger partial charge is 0.322 e. The summed E-state index contributed by atoms with van der Waals surface area (Å²) < 4.78 is 4.04. The first-order valence-electron chi connectivity index (χ1n) is 11.5. The Morgan fingerprint density at radius 2 is 1.81 bits per heavy atom. The molecule has 0 aliphatic carbocycles. The number of aryl methyl sites for hydroxylation is 1. The van der Waals surface area contributed by atoms with Crippen LogP contribution in [0.3, 0.4) is 0 Å². The van der Waals surface area contributed by atoms with Gasteiger partial charge in [-0.1, -0.05) is 59.6 Å². The number of anilines is 1. The lowest BCUT2D eigenvalue weighted by molar-refractivity contribution is 0.209. The maximum Gasteiger partial charge on any atom is 0.322 e. The van der Waals surface area contributed by atoms with Gasteiger partial charge in [0, 0.05) is 55.0 Å². The Hall–Kier alpha value is -3.74. The van der Waals surface area contributed by atoms with Crippen LogP contribution in [-0.4, -0.2) is 32.1 Å². The third-order valence-electron chi connectivity index (χ3n) is 6.32. The van der Waals surface area contributed by atoms with Gasteiger partial charge in [-0.2, -0.15) is 0 Å². The van der Waals surface area contributed by atoms with E-state index in [9.17, 15) is 4.79 Å². The molecule has 1 atom stereocenters. The van der Waals surface area contributed by atoms with Crippen LogP contribution in [0.5, 0.6) is 0 Å². The van der Waals surface area contributed by atoms with Crippen LogP contribution < -0.4 is 5.32 Å². The third kappa shape index (κ3) is 4.83. The average Bonchev–Trinajstić information content (AvgIpc) is 3.47. The van der Waals surface area contributed by atoms with Crippen LogP contribution in [0.25, 0.3) is 10.9 Å². The van der Waals surface area contributed by atoms with Gasteiger partial charge in [-0.05, 0) is 52.9 Å².